The maximum atomic E-state index is 13.6. The Bertz CT molecular complexity index is 911. The number of hydrogen-bond acceptors (Lipinski definition) is 3. The molecule has 3 unspecified atom stereocenters. The molecule has 2 fully saturated rings. The minimum atomic E-state index is -1.34. The summed E-state index contributed by atoms with van der Waals surface area (Å²) in [4.78, 5) is 14.0. The number of anilines is 1. The molecule has 3 aliphatic rings. The van der Waals surface area contributed by atoms with Gasteiger partial charge < -0.3 is 10.0 Å². The number of nitrogens with zero attached hydrogens (tertiary/aromatic N) is 2. The Morgan fingerprint density at radius 3 is 2.75 bits per heavy atom. The van der Waals surface area contributed by atoms with Crippen LogP contribution < -0.4 is 4.90 Å². The van der Waals surface area contributed by atoms with E-state index in [0.29, 0.717) is 18.0 Å². The predicted molar refractivity (Wildman–Crippen MR) is 108 cm³/mol. The maximum absolute atomic E-state index is 13.6. The summed E-state index contributed by atoms with van der Waals surface area (Å²) in [6, 6.07) is 6.95. The second-order valence-electron chi connectivity index (χ2n) is 7.60. The summed E-state index contributed by atoms with van der Waals surface area (Å²) in [5.41, 5.74) is 1.84. The first kappa shape index (κ1) is 19.1. The fourth-order valence-electron chi connectivity index (χ4n) is 4.30. The van der Waals surface area contributed by atoms with Crippen molar-refractivity contribution >= 4 is 22.6 Å². The van der Waals surface area contributed by atoms with E-state index < -0.39 is 17.0 Å². The van der Waals surface area contributed by atoms with E-state index in [0.717, 1.165) is 17.7 Å². The van der Waals surface area contributed by atoms with Gasteiger partial charge in [0.15, 0.2) is 0 Å². The Morgan fingerprint density at radius 1 is 1.25 bits per heavy atom. The highest BCUT2D eigenvalue weighted by atomic mass is 32.2. The second-order valence-corrected chi connectivity index (χ2v) is 9.04. The molecule has 1 N–H and O–H groups in total. The van der Waals surface area contributed by atoms with Crippen molar-refractivity contribution in [2.45, 2.75) is 31.8 Å². The lowest BCUT2D eigenvalue weighted by Gasteiger charge is -2.35. The minimum absolute atomic E-state index is 0.0148. The van der Waals surface area contributed by atoms with Crippen LogP contribution in [0.1, 0.15) is 19.8 Å². The van der Waals surface area contributed by atoms with Gasteiger partial charge in [-0.3, -0.25) is 4.79 Å². The van der Waals surface area contributed by atoms with E-state index in [-0.39, 0.29) is 30.2 Å². The Kier molecular flexibility index (Phi) is 5.21. The van der Waals surface area contributed by atoms with E-state index in [4.69, 9.17) is 5.11 Å². The number of halogens is 1. The normalized spacial score (nSPS) is 28.1. The number of allylic oxidation sites excluding steroid dienone is 5. The lowest BCUT2D eigenvalue weighted by Crippen LogP contribution is -2.47. The zero-order valence-electron chi connectivity index (χ0n) is 15.6. The number of rotatable bonds is 5. The van der Waals surface area contributed by atoms with Crippen LogP contribution in [0.5, 0.6) is 0 Å². The van der Waals surface area contributed by atoms with Gasteiger partial charge in [-0.1, -0.05) is 29.9 Å². The lowest BCUT2D eigenvalue weighted by atomic mass is 10.0. The Morgan fingerprint density at radius 2 is 2.07 bits per heavy atom. The van der Waals surface area contributed by atoms with Gasteiger partial charge in [-0.15, -0.1) is 0 Å². The van der Waals surface area contributed by atoms with E-state index in [1.807, 2.05) is 41.6 Å². The van der Waals surface area contributed by atoms with E-state index >= 15 is 0 Å². The van der Waals surface area contributed by atoms with Crippen LogP contribution in [0.25, 0.3) is 0 Å². The molecule has 28 heavy (non-hydrogen) atoms. The molecule has 1 aromatic rings. The molecule has 5 nitrogen and oxygen atoms in total. The summed E-state index contributed by atoms with van der Waals surface area (Å²) in [7, 11) is -1.34. The first-order chi connectivity index (χ1) is 13.4. The molecule has 1 aromatic carbocycles. The molecule has 0 spiro atoms. The minimum Gasteiger partial charge on any atom is -0.481 e. The molecule has 0 amide bonds. The fourth-order valence-corrected chi connectivity index (χ4v) is 5.77. The Hall–Kier alpha value is -2.25. The predicted octanol–water partition coefficient (Wildman–Crippen LogP) is 3.24. The molecule has 148 valence electrons. The van der Waals surface area contributed by atoms with Crippen LogP contribution in [-0.2, 0) is 15.8 Å². The third-order valence-electron chi connectivity index (χ3n) is 5.52. The van der Waals surface area contributed by atoms with Gasteiger partial charge in [0.25, 0.3) is 0 Å². The maximum Gasteiger partial charge on any atom is 0.304 e. The summed E-state index contributed by atoms with van der Waals surface area (Å²) in [6.45, 7) is 3.28. The van der Waals surface area contributed by atoms with Crippen LogP contribution in [-0.4, -0.2) is 44.8 Å². The van der Waals surface area contributed by atoms with Gasteiger partial charge in [0.05, 0.1) is 11.3 Å². The number of aliphatic carboxylic acids is 1. The zero-order chi connectivity index (χ0) is 19.8. The molecule has 0 aromatic heterocycles. The van der Waals surface area contributed by atoms with E-state index in [1.165, 1.54) is 6.07 Å². The number of benzene rings is 1. The number of fused-ring (bicyclic) bond motifs is 2. The first-order valence-electron chi connectivity index (χ1n) is 9.41. The fraction of sp³-hybridized carbons (Fsp3) is 0.381. The largest absolute Gasteiger partial charge is 0.481 e. The third kappa shape index (κ3) is 3.82. The lowest BCUT2D eigenvalue weighted by molar-refractivity contribution is -0.137. The van der Waals surface area contributed by atoms with Gasteiger partial charge in [-0.2, -0.15) is 0 Å². The topological polar surface area (TPSA) is 60.9 Å². The van der Waals surface area contributed by atoms with Gasteiger partial charge in [0.2, 0.25) is 0 Å². The van der Waals surface area contributed by atoms with E-state index in [2.05, 4.69) is 4.90 Å². The van der Waals surface area contributed by atoms with Crippen molar-refractivity contribution < 1.29 is 18.5 Å². The van der Waals surface area contributed by atoms with Crippen LogP contribution in [0.3, 0.4) is 0 Å². The van der Waals surface area contributed by atoms with E-state index in [1.54, 1.807) is 12.1 Å². The van der Waals surface area contributed by atoms with Crippen LogP contribution >= 0.6 is 0 Å². The van der Waals surface area contributed by atoms with Crippen molar-refractivity contribution in [2.75, 3.05) is 18.0 Å². The summed E-state index contributed by atoms with van der Waals surface area (Å²) in [5, 5.41) is 9.13. The van der Waals surface area contributed by atoms with Gasteiger partial charge in [0.1, 0.15) is 16.8 Å². The molecule has 2 bridgehead atoms. The molecule has 0 radical (unpaired) electrons. The third-order valence-corrected chi connectivity index (χ3v) is 7.07. The monoisotopic (exact) mass is 402 g/mol. The Balaban J connectivity index is 1.49. The molecular weight excluding hydrogens is 379 g/mol. The number of hydrogen-bond donors (Lipinski definition) is 1. The molecule has 0 saturated carbocycles. The molecule has 2 saturated heterocycles. The van der Waals surface area contributed by atoms with Crippen molar-refractivity contribution in [3.63, 3.8) is 0 Å². The average Bonchev–Trinajstić information content (AvgIpc) is 3.19. The first-order valence-corrected chi connectivity index (χ1v) is 10.5. The number of carbonyl (C=O) groups is 1. The van der Waals surface area contributed by atoms with Crippen LogP contribution in [0.4, 0.5) is 10.1 Å². The Labute approximate surface area is 166 Å². The summed E-state index contributed by atoms with van der Waals surface area (Å²) < 4.78 is 28.8. The molecule has 7 heteroatoms. The van der Waals surface area contributed by atoms with Crippen molar-refractivity contribution in [2.24, 2.45) is 5.92 Å². The van der Waals surface area contributed by atoms with E-state index in [9.17, 15) is 13.4 Å². The summed E-state index contributed by atoms with van der Waals surface area (Å²) in [5.74, 6) is -1.39. The van der Waals surface area contributed by atoms with Crippen molar-refractivity contribution in [3.05, 3.63) is 64.9 Å². The van der Waals surface area contributed by atoms with Gasteiger partial charge >= 0.3 is 5.97 Å². The van der Waals surface area contributed by atoms with Crippen LogP contribution in [0.15, 0.2) is 59.0 Å². The van der Waals surface area contributed by atoms with Gasteiger partial charge in [0, 0.05) is 36.8 Å². The van der Waals surface area contributed by atoms with Crippen molar-refractivity contribution in [3.8, 4) is 0 Å². The number of carboxylic acids is 1. The summed E-state index contributed by atoms with van der Waals surface area (Å²) >= 11 is 0. The smallest absolute Gasteiger partial charge is 0.304 e. The molecule has 1 aliphatic carbocycles. The number of carboxylic acid groups (broad SMARTS) is 1. The highest BCUT2D eigenvalue weighted by Gasteiger charge is 2.46. The van der Waals surface area contributed by atoms with Crippen molar-refractivity contribution in [1.29, 1.82) is 0 Å². The standard InChI is InChI=1S/C21H23FN2O3S/c1-14-5-6-20(8-15(7-14)9-21(25)26)28(27)24-13-18-11-19(24)12-23(18)17-4-2-3-16(22)10-17/h2-8,10,15,18-19H,9,11-13H2,1H3,(H,25,26)/t15?,18-,19?,28?/m0/s1. The zero-order valence-corrected chi connectivity index (χ0v) is 16.4. The quantitative estimate of drug-likeness (QED) is 0.821. The summed E-state index contributed by atoms with van der Waals surface area (Å²) in [6.07, 6.45) is 8.32. The van der Waals surface area contributed by atoms with Crippen molar-refractivity contribution in [1.82, 2.24) is 4.31 Å². The molecular formula is C21H23FN2O3S. The molecule has 2 aliphatic heterocycles. The van der Waals surface area contributed by atoms with Gasteiger partial charge in [-0.25, -0.2) is 12.9 Å². The highest BCUT2D eigenvalue weighted by molar-refractivity contribution is 7.87. The number of piperazine rings is 1. The van der Waals surface area contributed by atoms with Crippen LogP contribution in [0, 0.1) is 11.7 Å². The van der Waals surface area contributed by atoms with Gasteiger partial charge in [-0.05, 0) is 37.6 Å². The highest BCUT2D eigenvalue weighted by Crippen LogP contribution is 2.37. The second kappa shape index (κ2) is 7.64. The molecule has 4 atom stereocenters. The average molecular weight is 402 g/mol. The molecule has 2 heterocycles. The SMILES string of the molecule is CC1=CC(CC(=O)O)C=C(S(=O)N2C[C@@H]3CC2CN3c2cccc(F)c2)C=C1. The van der Waals surface area contributed by atoms with Crippen LogP contribution in [0.2, 0.25) is 0 Å². The molecule has 4 rings (SSSR count).